The van der Waals surface area contributed by atoms with Gasteiger partial charge < -0.3 is 10.1 Å². The summed E-state index contributed by atoms with van der Waals surface area (Å²) >= 11 is 0. The SMILES string of the molecule is COCC(=O)Nc1ccc(C(F)(F)F)c(C)c1. The second-order valence-corrected chi connectivity index (χ2v) is 3.51. The Bertz CT molecular complexity index is 416. The third-order valence-corrected chi connectivity index (χ3v) is 2.09. The van der Waals surface area contributed by atoms with Crippen molar-refractivity contribution in [2.45, 2.75) is 13.1 Å². The van der Waals surface area contributed by atoms with Crippen molar-refractivity contribution in [3.05, 3.63) is 29.3 Å². The number of methoxy groups -OCH3 is 1. The van der Waals surface area contributed by atoms with Crippen LogP contribution in [0.1, 0.15) is 11.1 Å². The van der Waals surface area contributed by atoms with Crippen LogP contribution < -0.4 is 5.32 Å². The number of hydrogen-bond donors (Lipinski definition) is 1. The van der Waals surface area contributed by atoms with Crippen molar-refractivity contribution in [1.82, 2.24) is 0 Å². The average molecular weight is 247 g/mol. The van der Waals surface area contributed by atoms with E-state index in [2.05, 4.69) is 10.1 Å². The first-order valence-corrected chi connectivity index (χ1v) is 4.81. The van der Waals surface area contributed by atoms with Crippen LogP contribution in [0.4, 0.5) is 18.9 Å². The molecule has 0 saturated heterocycles. The highest BCUT2D eigenvalue weighted by molar-refractivity contribution is 5.91. The number of nitrogens with one attached hydrogen (secondary N) is 1. The fourth-order valence-electron chi connectivity index (χ4n) is 1.39. The number of ether oxygens (including phenoxy) is 1. The number of carbonyl (C=O) groups is 1. The maximum atomic E-state index is 12.5. The molecule has 0 atom stereocenters. The van der Waals surface area contributed by atoms with E-state index < -0.39 is 17.6 Å². The maximum Gasteiger partial charge on any atom is 0.416 e. The molecule has 3 nitrogen and oxygen atoms in total. The van der Waals surface area contributed by atoms with Gasteiger partial charge in [0.1, 0.15) is 6.61 Å². The highest BCUT2D eigenvalue weighted by Gasteiger charge is 2.32. The minimum Gasteiger partial charge on any atom is -0.375 e. The normalized spacial score (nSPS) is 11.4. The lowest BCUT2D eigenvalue weighted by Crippen LogP contribution is -2.17. The summed E-state index contributed by atoms with van der Waals surface area (Å²) in [6.07, 6.45) is -4.38. The van der Waals surface area contributed by atoms with Crippen molar-refractivity contribution in [1.29, 1.82) is 0 Å². The molecule has 1 N–H and O–H groups in total. The molecule has 0 aliphatic carbocycles. The van der Waals surface area contributed by atoms with Crippen molar-refractivity contribution in [2.24, 2.45) is 0 Å². The van der Waals surface area contributed by atoms with Crippen LogP contribution in [0, 0.1) is 6.92 Å². The lowest BCUT2D eigenvalue weighted by molar-refractivity contribution is -0.138. The van der Waals surface area contributed by atoms with E-state index in [1.54, 1.807) is 0 Å². The van der Waals surface area contributed by atoms with Crippen LogP contribution in [0.15, 0.2) is 18.2 Å². The van der Waals surface area contributed by atoms with Crippen LogP contribution in [-0.4, -0.2) is 19.6 Å². The predicted octanol–water partition coefficient (Wildman–Crippen LogP) is 2.60. The Morgan fingerprint density at radius 2 is 2.06 bits per heavy atom. The molecule has 1 aromatic rings. The molecule has 0 bridgehead atoms. The van der Waals surface area contributed by atoms with Crippen molar-refractivity contribution < 1.29 is 22.7 Å². The summed E-state index contributed by atoms with van der Waals surface area (Å²) in [4.78, 5) is 11.1. The van der Waals surface area contributed by atoms with Gasteiger partial charge in [-0.15, -0.1) is 0 Å². The molecule has 1 rings (SSSR count). The Morgan fingerprint density at radius 3 is 2.53 bits per heavy atom. The first-order valence-electron chi connectivity index (χ1n) is 4.81. The molecule has 0 saturated carbocycles. The Morgan fingerprint density at radius 1 is 1.41 bits per heavy atom. The van der Waals surface area contributed by atoms with E-state index in [-0.39, 0.29) is 12.2 Å². The zero-order chi connectivity index (χ0) is 13.1. The van der Waals surface area contributed by atoms with E-state index in [0.29, 0.717) is 5.69 Å². The first-order chi connectivity index (χ1) is 7.84. The van der Waals surface area contributed by atoms with E-state index in [0.717, 1.165) is 6.07 Å². The standard InChI is InChI=1S/C11H12F3NO2/c1-7-5-8(15-10(16)6-17-2)3-4-9(7)11(12,13)14/h3-5H,6H2,1-2H3,(H,15,16). The van der Waals surface area contributed by atoms with Crippen LogP contribution >= 0.6 is 0 Å². The topological polar surface area (TPSA) is 38.3 Å². The van der Waals surface area contributed by atoms with Gasteiger partial charge in [0.2, 0.25) is 5.91 Å². The van der Waals surface area contributed by atoms with E-state index in [4.69, 9.17) is 0 Å². The molecular weight excluding hydrogens is 235 g/mol. The predicted molar refractivity (Wildman–Crippen MR) is 56.7 cm³/mol. The fraction of sp³-hybridized carbons (Fsp3) is 0.364. The number of anilines is 1. The quantitative estimate of drug-likeness (QED) is 0.891. The molecule has 1 aromatic carbocycles. The average Bonchev–Trinajstić information content (AvgIpc) is 2.15. The van der Waals surface area contributed by atoms with E-state index >= 15 is 0 Å². The highest BCUT2D eigenvalue weighted by Crippen LogP contribution is 2.32. The van der Waals surface area contributed by atoms with Gasteiger partial charge in [0.25, 0.3) is 0 Å². The molecule has 0 aliphatic rings. The lowest BCUT2D eigenvalue weighted by Gasteiger charge is -2.12. The molecule has 17 heavy (non-hydrogen) atoms. The third-order valence-electron chi connectivity index (χ3n) is 2.09. The number of hydrogen-bond acceptors (Lipinski definition) is 2. The second-order valence-electron chi connectivity index (χ2n) is 3.51. The van der Waals surface area contributed by atoms with E-state index in [1.807, 2.05) is 0 Å². The lowest BCUT2D eigenvalue weighted by atomic mass is 10.1. The summed E-state index contributed by atoms with van der Waals surface area (Å²) in [6, 6.07) is 3.43. The zero-order valence-electron chi connectivity index (χ0n) is 9.39. The summed E-state index contributed by atoms with van der Waals surface area (Å²) in [5, 5.41) is 2.43. The molecule has 0 heterocycles. The number of alkyl halides is 3. The number of carbonyl (C=O) groups excluding carboxylic acids is 1. The second kappa shape index (κ2) is 5.18. The molecule has 6 heteroatoms. The number of amides is 1. The van der Waals surface area contributed by atoms with Crippen LogP contribution in [0.3, 0.4) is 0 Å². The minimum absolute atomic E-state index is 0.0627. The summed E-state index contributed by atoms with van der Waals surface area (Å²) in [5.41, 5.74) is -0.326. The molecule has 0 radical (unpaired) electrons. The molecule has 94 valence electrons. The van der Waals surface area contributed by atoms with Gasteiger partial charge in [-0.25, -0.2) is 0 Å². The fourth-order valence-corrected chi connectivity index (χ4v) is 1.39. The van der Waals surface area contributed by atoms with E-state index in [9.17, 15) is 18.0 Å². The maximum absolute atomic E-state index is 12.5. The molecule has 0 aromatic heterocycles. The zero-order valence-corrected chi connectivity index (χ0v) is 9.39. The molecule has 0 spiro atoms. The smallest absolute Gasteiger partial charge is 0.375 e. The van der Waals surface area contributed by atoms with Crippen LogP contribution in [0.5, 0.6) is 0 Å². The Hall–Kier alpha value is -1.56. The van der Waals surface area contributed by atoms with E-state index in [1.165, 1.54) is 26.2 Å². The minimum atomic E-state index is -4.38. The number of rotatable bonds is 3. The first kappa shape index (κ1) is 13.5. The summed E-state index contributed by atoms with van der Waals surface area (Å²) in [7, 11) is 1.36. The summed E-state index contributed by atoms with van der Waals surface area (Å²) in [5.74, 6) is -0.411. The van der Waals surface area contributed by atoms with Gasteiger partial charge in [0.15, 0.2) is 0 Å². The number of halogens is 3. The van der Waals surface area contributed by atoms with Gasteiger partial charge in [-0.05, 0) is 30.7 Å². The van der Waals surface area contributed by atoms with Gasteiger partial charge in [0.05, 0.1) is 5.56 Å². The van der Waals surface area contributed by atoms with Gasteiger partial charge in [0, 0.05) is 12.8 Å². The summed E-state index contributed by atoms with van der Waals surface area (Å²) < 4.78 is 42.0. The van der Waals surface area contributed by atoms with Gasteiger partial charge >= 0.3 is 6.18 Å². The molecule has 1 amide bonds. The molecule has 0 unspecified atom stereocenters. The van der Waals surface area contributed by atoms with Crippen LogP contribution in [-0.2, 0) is 15.7 Å². The Balaban J connectivity index is 2.86. The van der Waals surface area contributed by atoms with Crippen LogP contribution in [0.2, 0.25) is 0 Å². The molecule has 0 fully saturated rings. The Kier molecular flexibility index (Phi) is 4.11. The molecular formula is C11H12F3NO2. The van der Waals surface area contributed by atoms with Crippen molar-refractivity contribution in [3.63, 3.8) is 0 Å². The van der Waals surface area contributed by atoms with Crippen LogP contribution in [0.25, 0.3) is 0 Å². The highest BCUT2D eigenvalue weighted by atomic mass is 19.4. The molecule has 0 aliphatic heterocycles. The van der Waals surface area contributed by atoms with Gasteiger partial charge in [-0.1, -0.05) is 0 Å². The third kappa shape index (κ3) is 3.74. The largest absolute Gasteiger partial charge is 0.416 e. The summed E-state index contributed by atoms with van der Waals surface area (Å²) in [6.45, 7) is 1.20. The number of benzene rings is 1. The van der Waals surface area contributed by atoms with Crippen molar-refractivity contribution in [3.8, 4) is 0 Å². The van der Waals surface area contributed by atoms with Gasteiger partial charge in [-0.2, -0.15) is 13.2 Å². The number of aryl methyl sites for hydroxylation is 1. The van der Waals surface area contributed by atoms with Gasteiger partial charge in [-0.3, -0.25) is 4.79 Å². The van der Waals surface area contributed by atoms with Crippen molar-refractivity contribution in [2.75, 3.05) is 19.0 Å². The van der Waals surface area contributed by atoms with Crippen molar-refractivity contribution >= 4 is 11.6 Å². The monoisotopic (exact) mass is 247 g/mol. The Labute approximate surface area is 96.6 Å².